The quantitative estimate of drug-likeness (QED) is 0.197. The molecule has 4 aromatic rings. The molecule has 44 heavy (non-hydrogen) atoms. The zero-order chi connectivity index (χ0) is 31.9. The number of aromatic nitrogens is 1. The molecule has 10 nitrogen and oxygen atoms in total. The molecule has 0 saturated heterocycles. The summed E-state index contributed by atoms with van der Waals surface area (Å²) in [5, 5.41) is 8.08. The summed E-state index contributed by atoms with van der Waals surface area (Å²) in [5.41, 5.74) is 3.28. The van der Waals surface area contributed by atoms with Gasteiger partial charge in [0.15, 0.2) is 0 Å². The number of rotatable bonds is 9. The highest BCUT2D eigenvalue weighted by Gasteiger charge is 2.18. The van der Waals surface area contributed by atoms with Crippen LogP contribution in [0.1, 0.15) is 38.8 Å². The number of nitrogens with one attached hydrogen (secondary N) is 3. The summed E-state index contributed by atoms with van der Waals surface area (Å²) in [6, 6.07) is 22.5. The van der Waals surface area contributed by atoms with Gasteiger partial charge in [-0.1, -0.05) is 48.5 Å². The predicted molar refractivity (Wildman–Crippen MR) is 170 cm³/mol. The van der Waals surface area contributed by atoms with E-state index in [2.05, 4.69) is 16.0 Å². The van der Waals surface area contributed by atoms with Gasteiger partial charge in [-0.15, -0.1) is 0 Å². The molecule has 1 aromatic heterocycles. The molecule has 4 rings (SSSR count). The van der Waals surface area contributed by atoms with Gasteiger partial charge in [0.1, 0.15) is 5.60 Å². The molecule has 0 bridgehead atoms. The number of nitrogens with zero attached hydrogens (tertiary/aromatic N) is 1. The second-order valence-electron chi connectivity index (χ2n) is 10.9. The first-order valence-electron chi connectivity index (χ1n) is 13.8. The maximum absolute atomic E-state index is 13.2. The van der Waals surface area contributed by atoms with Crippen LogP contribution in [0.5, 0.6) is 0 Å². The SMILES string of the molecule is CC(=O)NCc1ccc(-c2ccc(S(=O)(=O)n3ccc(/C=C/C(=O)Nc4ccccc4NC(=O)OC(C)(C)C)c3)cc2)cc1. The third-order valence-corrected chi connectivity index (χ3v) is 7.85. The number of anilines is 2. The molecule has 11 heteroatoms. The molecule has 0 radical (unpaired) electrons. The van der Waals surface area contributed by atoms with E-state index in [9.17, 15) is 22.8 Å². The average Bonchev–Trinajstić information content (AvgIpc) is 3.46. The van der Waals surface area contributed by atoms with Crippen molar-refractivity contribution < 1.29 is 27.5 Å². The van der Waals surface area contributed by atoms with Gasteiger partial charge in [0.05, 0.1) is 16.3 Å². The van der Waals surface area contributed by atoms with Gasteiger partial charge in [0.25, 0.3) is 10.0 Å². The fourth-order valence-corrected chi connectivity index (χ4v) is 5.29. The molecular weight excluding hydrogens is 580 g/mol. The van der Waals surface area contributed by atoms with Gasteiger partial charge in [-0.2, -0.15) is 0 Å². The molecule has 0 aliphatic rings. The standard InChI is InChI=1S/C33H34N4O6S/c1-23(38)34-21-24-9-12-26(13-10-24)27-14-16-28(17-15-27)44(41,42)37-20-19-25(22-37)11-18-31(39)35-29-7-5-6-8-30(29)36-32(40)43-33(2,3)4/h5-20,22H,21H2,1-4H3,(H,34,38)(H,35,39)(H,36,40)/b18-11+. The summed E-state index contributed by atoms with van der Waals surface area (Å²) in [4.78, 5) is 36.0. The van der Waals surface area contributed by atoms with E-state index in [0.717, 1.165) is 20.7 Å². The summed E-state index contributed by atoms with van der Waals surface area (Å²) in [6.45, 7) is 7.15. The lowest BCUT2D eigenvalue weighted by atomic mass is 10.0. The van der Waals surface area contributed by atoms with Gasteiger partial charge in [-0.05, 0) is 79.4 Å². The van der Waals surface area contributed by atoms with Crippen LogP contribution in [0.3, 0.4) is 0 Å². The van der Waals surface area contributed by atoms with Gasteiger partial charge in [-0.3, -0.25) is 14.9 Å². The van der Waals surface area contributed by atoms with E-state index in [0.29, 0.717) is 23.5 Å². The second kappa shape index (κ2) is 13.4. The maximum Gasteiger partial charge on any atom is 0.412 e. The fraction of sp³-hybridized carbons (Fsp3) is 0.182. The smallest absolute Gasteiger partial charge is 0.412 e. The Labute approximate surface area is 256 Å². The van der Waals surface area contributed by atoms with Crippen molar-refractivity contribution in [2.45, 2.75) is 44.7 Å². The first-order valence-corrected chi connectivity index (χ1v) is 15.2. The van der Waals surface area contributed by atoms with Crippen LogP contribution in [0.4, 0.5) is 16.2 Å². The normalized spacial score (nSPS) is 11.6. The minimum atomic E-state index is -3.87. The Balaban J connectivity index is 1.40. The van der Waals surface area contributed by atoms with Gasteiger partial charge in [0.2, 0.25) is 11.8 Å². The van der Waals surface area contributed by atoms with E-state index in [1.54, 1.807) is 75.4 Å². The number of hydrogen-bond donors (Lipinski definition) is 3. The second-order valence-corrected chi connectivity index (χ2v) is 12.7. The van der Waals surface area contributed by atoms with Crippen molar-refractivity contribution in [1.82, 2.24) is 9.29 Å². The van der Waals surface area contributed by atoms with Crippen LogP contribution in [0.15, 0.2) is 102 Å². The Morgan fingerprint density at radius 2 is 1.43 bits per heavy atom. The summed E-state index contributed by atoms with van der Waals surface area (Å²) in [7, 11) is -3.87. The van der Waals surface area contributed by atoms with Crippen molar-refractivity contribution in [3.63, 3.8) is 0 Å². The number of carbonyl (C=O) groups excluding carboxylic acids is 3. The van der Waals surface area contributed by atoms with Crippen molar-refractivity contribution in [2.75, 3.05) is 10.6 Å². The maximum atomic E-state index is 13.2. The lowest BCUT2D eigenvalue weighted by Gasteiger charge is -2.20. The Morgan fingerprint density at radius 3 is 2.02 bits per heavy atom. The highest BCUT2D eigenvalue weighted by molar-refractivity contribution is 7.90. The highest BCUT2D eigenvalue weighted by atomic mass is 32.2. The summed E-state index contributed by atoms with van der Waals surface area (Å²) in [5.74, 6) is -0.576. The largest absolute Gasteiger partial charge is 0.444 e. The topological polar surface area (TPSA) is 136 Å². The Morgan fingerprint density at radius 1 is 0.841 bits per heavy atom. The van der Waals surface area contributed by atoms with Crippen LogP contribution in [-0.2, 0) is 30.9 Å². The predicted octanol–water partition coefficient (Wildman–Crippen LogP) is 6.03. The molecule has 0 aliphatic carbocycles. The summed E-state index contributed by atoms with van der Waals surface area (Å²) < 4.78 is 32.8. The van der Waals surface area contributed by atoms with E-state index >= 15 is 0 Å². The molecule has 228 valence electrons. The third kappa shape index (κ3) is 8.68. The Kier molecular flexibility index (Phi) is 9.70. The fourth-order valence-electron chi connectivity index (χ4n) is 4.08. The van der Waals surface area contributed by atoms with Crippen molar-refractivity contribution in [1.29, 1.82) is 0 Å². The van der Waals surface area contributed by atoms with Gasteiger partial charge in [0, 0.05) is 31.9 Å². The van der Waals surface area contributed by atoms with Crippen molar-refractivity contribution in [3.8, 4) is 11.1 Å². The molecule has 0 unspecified atom stereocenters. The van der Waals surface area contributed by atoms with Crippen molar-refractivity contribution >= 4 is 45.4 Å². The number of carbonyl (C=O) groups is 3. The van der Waals surface area contributed by atoms with Crippen LogP contribution >= 0.6 is 0 Å². The molecule has 0 spiro atoms. The number of para-hydroxylation sites is 2. The van der Waals surface area contributed by atoms with Crippen molar-refractivity contribution in [3.05, 3.63) is 108 Å². The van der Waals surface area contributed by atoms with Crippen LogP contribution < -0.4 is 16.0 Å². The van der Waals surface area contributed by atoms with Gasteiger partial charge in [-0.25, -0.2) is 17.2 Å². The molecule has 0 saturated carbocycles. The summed E-state index contributed by atoms with van der Waals surface area (Å²) in [6.07, 6.45) is 4.94. The minimum Gasteiger partial charge on any atom is -0.444 e. The van der Waals surface area contributed by atoms with E-state index < -0.39 is 27.6 Å². The molecular formula is C33H34N4O6S. The van der Waals surface area contributed by atoms with E-state index in [1.165, 1.54) is 31.5 Å². The van der Waals surface area contributed by atoms with E-state index in [4.69, 9.17) is 4.74 Å². The van der Waals surface area contributed by atoms with Crippen LogP contribution in [0.2, 0.25) is 0 Å². The molecule has 0 fully saturated rings. The Hall–Kier alpha value is -5.16. The number of amides is 3. The first kappa shape index (κ1) is 31.8. The van der Waals surface area contributed by atoms with E-state index in [-0.39, 0.29) is 10.8 Å². The van der Waals surface area contributed by atoms with Crippen LogP contribution in [0.25, 0.3) is 17.2 Å². The average molecular weight is 615 g/mol. The molecule has 1 heterocycles. The molecule has 3 N–H and O–H groups in total. The van der Waals surface area contributed by atoms with Gasteiger partial charge < -0.3 is 15.4 Å². The highest BCUT2D eigenvalue weighted by Crippen LogP contribution is 2.24. The molecule has 3 aromatic carbocycles. The minimum absolute atomic E-state index is 0.102. The molecule has 3 amide bonds. The third-order valence-electron chi connectivity index (χ3n) is 6.20. The van der Waals surface area contributed by atoms with E-state index in [1.807, 2.05) is 24.3 Å². The number of hydrogen-bond acceptors (Lipinski definition) is 6. The first-order chi connectivity index (χ1) is 20.8. The number of benzene rings is 3. The van der Waals surface area contributed by atoms with Crippen molar-refractivity contribution in [2.24, 2.45) is 0 Å². The van der Waals surface area contributed by atoms with Gasteiger partial charge >= 0.3 is 6.09 Å². The zero-order valence-electron chi connectivity index (χ0n) is 24.8. The molecule has 0 atom stereocenters. The summed E-state index contributed by atoms with van der Waals surface area (Å²) >= 11 is 0. The molecule has 0 aliphatic heterocycles. The zero-order valence-corrected chi connectivity index (χ0v) is 25.6. The van der Waals surface area contributed by atoms with Crippen LogP contribution in [0, 0.1) is 0 Å². The lowest BCUT2D eigenvalue weighted by molar-refractivity contribution is -0.119. The Bertz CT molecular complexity index is 1780. The monoisotopic (exact) mass is 614 g/mol. The van der Waals surface area contributed by atoms with Crippen LogP contribution in [-0.4, -0.2) is 35.9 Å². The number of ether oxygens (including phenoxy) is 1. The lowest BCUT2D eigenvalue weighted by Crippen LogP contribution is -2.27.